The number of esters is 1. The molecular formula is C27H22F9NO2. The summed E-state index contributed by atoms with van der Waals surface area (Å²) in [7, 11) is 1.12. The molecule has 0 fully saturated rings. The average Bonchev–Trinajstić information content (AvgIpc) is 2.84. The number of ether oxygens (including phenoxy) is 1. The Kier molecular flexibility index (Phi) is 8.37. The fourth-order valence-electron chi connectivity index (χ4n) is 3.96. The molecule has 2 aromatic carbocycles. The first-order valence-corrected chi connectivity index (χ1v) is 11.5. The Morgan fingerprint density at radius 3 is 1.59 bits per heavy atom. The predicted octanol–water partition coefficient (Wildman–Crippen LogP) is 8.77. The number of hydrogen-bond donors (Lipinski definition) is 0. The van der Waals surface area contributed by atoms with Crippen molar-refractivity contribution in [3.05, 3.63) is 76.9 Å². The molecule has 210 valence electrons. The van der Waals surface area contributed by atoms with Gasteiger partial charge >= 0.3 is 24.5 Å². The summed E-state index contributed by atoms with van der Waals surface area (Å²) in [5.41, 5.74) is -4.77. The number of methoxy groups -OCH3 is 1. The molecule has 0 aliphatic carbocycles. The van der Waals surface area contributed by atoms with Gasteiger partial charge < -0.3 is 4.74 Å². The second-order valence-electron chi connectivity index (χ2n) is 9.25. The molecule has 3 nitrogen and oxygen atoms in total. The van der Waals surface area contributed by atoms with Crippen molar-refractivity contribution >= 4 is 5.97 Å². The Morgan fingerprint density at radius 1 is 0.718 bits per heavy atom. The Labute approximate surface area is 217 Å². The van der Waals surface area contributed by atoms with Crippen molar-refractivity contribution in [2.45, 2.75) is 44.7 Å². The Hall–Kier alpha value is -3.57. The topological polar surface area (TPSA) is 39.2 Å². The van der Waals surface area contributed by atoms with Gasteiger partial charge in [-0.3, -0.25) is 4.79 Å². The zero-order valence-electron chi connectivity index (χ0n) is 20.7. The summed E-state index contributed by atoms with van der Waals surface area (Å²) >= 11 is 0. The SMILES string of the molecule is COC(=O)C(CC(C)C)c1cc(-c2ccc(C(F)(F)F)cc2)nc(-c2cc(C(F)(F)F)cc(C(F)(F)F)c2)c1. The lowest BCUT2D eigenvalue weighted by Gasteiger charge is -2.20. The number of nitrogens with zero attached hydrogens (tertiary/aromatic N) is 1. The van der Waals surface area contributed by atoms with Crippen LogP contribution in [0.2, 0.25) is 0 Å². The molecule has 0 spiro atoms. The molecule has 1 unspecified atom stereocenters. The van der Waals surface area contributed by atoms with Crippen LogP contribution in [-0.2, 0) is 28.1 Å². The fraction of sp³-hybridized carbons (Fsp3) is 0.333. The van der Waals surface area contributed by atoms with Crippen LogP contribution in [0.5, 0.6) is 0 Å². The molecule has 0 N–H and O–H groups in total. The van der Waals surface area contributed by atoms with E-state index >= 15 is 0 Å². The van der Waals surface area contributed by atoms with Crippen LogP contribution in [0.25, 0.3) is 22.5 Å². The van der Waals surface area contributed by atoms with Crippen molar-refractivity contribution in [3.63, 3.8) is 0 Å². The Bertz CT molecular complexity index is 1290. The molecular weight excluding hydrogens is 541 g/mol. The van der Waals surface area contributed by atoms with Crippen LogP contribution in [-0.4, -0.2) is 18.1 Å². The maximum Gasteiger partial charge on any atom is 0.416 e. The fourth-order valence-corrected chi connectivity index (χ4v) is 3.96. The van der Waals surface area contributed by atoms with E-state index in [4.69, 9.17) is 4.74 Å². The van der Waals surface area contributed by atoms with Crippen LogP contribution in [0.3, 0.4) is 0 Å². The Morgan fingerprint density at radius 2 is 1.18 bits per heavy atom. The average molecular weight is 563 g/mol. The molecule has 1 aromatic heterocycles. The van der Waals surface area contributed by atoms with Crippen molar-refractivity contribution in [2.24, 2.45) is 5.92 Å². The third kappa shape index (κ3) is 7.30. The van der Waals surface area contributed by atoms with E-state index in [1.165, 1.54) is 12.1 Å². The van der Waals surface area contributed by atoms with Gasteiger partial charge in [0.15, 0.2) is 0 Å². The van der Waals surface area contributed by atoms with Crippen LogP contribution < -0.4 is 0 Å². The highest BCUT2D eigenvalue weighted by atomic mass is 19.4. The minimum absolute atomic E-state index is 0.0276. The van der Waals surface area contributed by atoms with E-state index in [1.807, 2.05) is 0 Å². The number of carbonyl (C=O) groups excluding carboxylic acids is 1. The first-order valence-electron chi connectivity index (χ1n) is 11.5. The summed E-state index contributed by atoms with van der Waals surface area (Å²) in [6.07, 6.45) is -14.7. The second kappa shape index (κ2) is 10.9. The van der Waals surface area contributed by atoms with Gasteiger partial charge in [0, 0.05) is 11.1 Å². The lowest BCUT2D eigenvalue weighted by atomic mass is 9.88. The predicted molar refractivity (Wildman–Crippen MR) is 124 cm³/mol. The van der Waals surface area contributed by atoms with Gasteiger partial charge in [0.2, 0.25) is 0 Å². The first-order chi connectivity index (χ1) is 17.9. The van der Waals surface area contributed by atoms with E-state index in [9.17, 15) is 44.3 Å². The van der Waals surface area contributed by atoms with Crippen LogP contribution >= 0.6 is 0 Å². The third-order valence-electron chi connectivity index (χ3n) is 5.83. The monoisotopic (exact) mass is 563 g/mol. The molecule has 0 amide bonds. The lowest BCUT2D eigenvalue weighted by Crippen LogP contribution is -2.17. The van der Waals surface area contributed by atoms with Crippen molar-refractivity contribution in [1.82, 2.24) is 4.98 Å². The molecule has 0 aliphatic heterocycles. The largest absolute Gasteiger partial charge is 0.469 e. The van der Waals surface area contributed by atoms with E-state index in [2.05, 4.69) is 4.98 Å². The molecule has 3 aromatic rings. The lowest BCUT2D eigenvalue weighted by molar-refractivity contribution is -0.144. The second-order valence-corrected chi connectivity index (χ2v) is 9.25. The molecule has 1 atom stereocenters. The molecule has 0 aliphatic rings. The van der Waals surface area contributed by atoms with E-state index in [0.717, 1.165) is 31.4 Å². The van der Waals surface area contributed by atoms with Crippen molar-refractivity contribution in [1.29, 1.82) is 0 Å². The third-order valence-corrected chi connectivity index (χ3v) is 5.83. The van der Waals surface area contributed by atoms with Gasteiger partial charge in [0.05, 0.1) is 41.1 Å². The number of benzene rings is 2. The van der Waals surface area contributed by atoms with Crippen LogP contribution in [0.4, 0.5) is 39.5 Å². The van der Waals surface area contributed by atoms with Crippen molar-refractivity contribution in [3.8, 4) is 22.5 Å². The molecule has 0 saturated carbocycles. The smallest absolute Gasteiger partial charge is 0.416 e. The number of aromatic nitrogens is 1. The normalized spacial score (nSPS) is 13.5. The minimum atomic E-state index is -5.12. The molecule has 0 bridgehead atoms. The summed E-state index contributed by atoms with van der Waals surface area (Å²) < 4.78 is 125. The highest BCUT2D eigenvalue weighted by molar-refractivity contribution is 5.80. The molecule has 0 saturated heterocycles. The molecule has 39 heavy (non-hydrogen) atoms. The van der Waals surface area contributed by atoms with Gasteiger partial charge in [-0.05, 0) is 60.4 Å². The summed E-state index contributed by atoms with van der Waals surface area (Å²) in [5, 5.41) is 0. The van der Waals surface area contributed by atoms with Gasteiger partial charge in [-0.25, -0.2) is 4.98 Å². The molecule has 3 rings (SSSR count). The van der Waals surface area contributed by atoms with Gasteiger partial charge in [-0.2, -0.15) is 39.5 Å². The standard InChI is InChI=1S/C27H22F9NO2/c1-14(2)8-21(24(38)39-3)16-11-22(15-4-6-18(7-5-15)25(28,29)30)37-23(12-16)17-9-19(26(31,32)33)13-20(10-17)27(34,35)36/h4-7,9-14,21H,8H2,1-3H3. The number of halogens is 9. The minimum Gasteiger partial charge on any atom is -0.469 e. The Balaban J connectivity index is 2.31. The highest BCUT2D eigenvalue weighted by Crippen LogP contribution is 2.40. The zero-order valence-corrected chi connectivity index (χ0v) is 20.7. The first kappa shape index (κ1) is 30.0. The number of pyridine rings is 1. The van der Waals surface area contributed by atoms with Crippen molar-refractivity contribution in [2.75, 3.05) is 7.11 Å². The van der Waals surface area contributed by atoms with Gasteiger partial charge in [-0.1, -0.05) is 26.0 Å². The van der Waals surface area contributed by atoms with E-state index in [-0.39, 0.29) is 40.9 Å². The summed E-state index contributed by atoms with van der Waals surface area (Å²) in [5.74, 6) is -1.76. The van der Waals surface area contributed by atoms with E-state index < -0.39 is 52.7 Å². The molecule has 0 radical (unpaired) electrons. The quantitative estimate of drug-likeness (QED) is 0.222. The highest BCUT2D eigenvalue weighted by Gasteiger charge is 2.37. The number of hydrogen-bond acceptors (Lipinski definition) is 3. The molecule has 12 heteroatoms. The van der Waals surface area contributed by atoms with Crippen LogP contribution in [0, 0.1) is 5.92 Å². The summed E-state index contributed by atoms with van der Waals surface area (Å²) in [6.45, 7) is 3.58. The maximum absolute atomic E-state index is 13.5. The molecule has 1 heterocycles. The summed E-state index contributed by atoms with van der Waals surface area (Å²) in [4.78, 5) is 16.8. The zero-order chi connectivity index (χ0) is 29.3. The number of carbonyl (C=O) groups is 1. The van der Waals surface area contributed by atoms with Gasteiger partial charge in [0.25, 0.3) is 0 Å². The van der Waals surface area contributed by atoms with Crippen LogP contribution in [0.1, 0.15) is 48.4 Å². The number of alkyl halides is 9. The maximum atomic E-state index is 13.5. The van der Waals surface area contributed by atoms with E-state index in [1.54, 1.807) is 13.8 Å². The van der Waals surface area contributed by atoms with Gasteiger partial charge in [0.1, 0.15) is 0 Å². The van der Waals surface area contributed by atoms with Gasteiger partial charge in [-0.15, -0.1) is 0 Å². The van der Waals surface area contributed by atoms with Crippen molar-refractivity contribution < 1.29 is 49.0 Å². The number of rotatable bonds is 6. The summed E-state index contributed by atoms with van der Waals surface area (Å²) in [6, 6.07) is 7.18. The van der Waals surface area contributed by atoms with Crippen LogP contribution in [0.15, 0.2) is 54.6 Å². The van der Waals surface area contributed by atoms with E-state index in [0.29, 0.717) is 12.1 Å².